The van der Waals surface area contributed by atoms with Gasteiger partial charge in [0, 0.05) is 18.9 Å². The van der Waals surface area contributed by atoms with Gasteiger partial charge in [-0.3, -0.25) is 4.79 Å². The fraction of sp³-hybridized carbons (Fsp3) is 0.200. The average Bonchev–Trinajstić information content (AvgIpc) is 3.21. The second-order valence-electron chi connectivity index (χ2n) is 5.75. The van der Waals surface area contributed by atoms with Crippen LogP contribution in [0.5, 0.6) is 11.5 Å². The van der Waals surface area contributed by atoms with Gasteiger partial charge >= 0.3 is 0 Å². The lowest BCUT2D eigenvalue weighted by Gasteiger charge is -2.16. The van der Waals surface area contributed by atoms with Crippen molar-refractivity contribution in [1.29, 1.82) is 0 Å². The van der Waals surface area contributed by atoms with Crippen molar-refractivity contribution >= 4 is 5.91 Å². The van der Waals surface area contributed by atoms with E-state index in [9.17, 15) is 4.79 Å². The molecule has 6 heteroatoms. The standard InChI is InChI=1S/C20H21N3O3/c1-15(26-18-9-7-17(25-2)8-10-18)20(24)22-13-16-5-3-4-6-19(16)23-12-11-21-14-23/h3-12,14-15H,13H2,1-2H3,(H,22,24)/t15-/m0/s1. The molecule has 1 aromatic heterocycles. The molecule has 0 aliphatic rings. The Labute approximate surface area is 152 Å². The van der Waals surface area contributed by atoms with Crippen molar-refractivity contribution < 1.29 is 14.3 Å². The molecule has 1 N–H and O–H groups in total. The molecule has 0 saturated heterocycles. The summed E-state index contributed by atoms with van der Waals surface area (Å²) in [6, 6.07) is 15.0. The number of amides is 1. The molecular weight excluding hydrogens is 330 g/mol. The number of hydrogen-bond acceptors (Lipinski definition) is 4. The number of benzene rings is 2. The summed E-state index contributed by atoms with van der Waals surface area (Å²) in [5, 5.41) is 2.92. The zero-order valence-electron chi connectivity index (χ0n) is 14.8. The van der Waals surface area contributed by atoms with Gasteiger partial charge in [-0.05, 0) is 42.8 Å². The van der Waals surface area contributed by atoms with Gasteiger partial charge in [0.2, 0.25) is 0 Å². The molecule has 0 bridgehead atoms. The van der Waals surface area contributed by atoms with Crippen molar-refractivity contribution in [2.45, 2.75) is 19.6 Å². The molecule has 0 aliphatic carbocycles. The molecule has 2 aromatic carbocycles. The number of hydrogen-bond donors (Lipinski definition) is 1. The third kappa shape index (κ3) is 4.22. The molecule has 0 unspecified atom stereocenters. The Balaban J connectivity index is 1.60. The zero-order valence-corrected chi connectivity index (χ0v) is 14.8. The SMILES string of the molecule is COc1ccc(O[C@@H](C)C(=O)NCc2ccccc2-n2ccnc2)cc1. The molecule has 1 atom stereocenters. The van der Waals surface area contributed by atoms with Crippen molar-refractivity contribution in [1.82, 2.24) is 14.9 Å². The molecule has 1 amide bonds. The molecular formula is C20H21N3O3. The number of imidazole rings is 1. The van der Waals surface area contributed by atoms with Crippen LogP contribution in [-0.2, 0) is 11.3 Å². The third-order valence-electron chi connectivity index (χ3n) is 3.97. The van der Waals surface area contributed by atoms with Crippen LogP contribution in [0.2, 0.25) is 0 Å². The fourth-order valence-corrected chi connectivity index (χ4v) is 2.55. The van der Waals surface area contributed by atoms with E-state index >= 15 is 0 Å². The Hall–Kier alpha value is -3.28. The normalized spacial score (nSPS) is 11.6. The highest BCUT2D eigenvalue weighted by Crippen LogP contribution is 2.18. The highest BCUT2D eigenvalue weighted by atomic mass is 16.5. The van der Waals surface area contributed by atoms with Crippen molar-refractivity contribution in [2.75, 3.05) is 7.11 Å². The minimum Gasteiger partial charge on any atom is -0.497 e. The van der Waals surface area contributed by atoms with Gasteiger partial charge < -0.3 is 19.4 Å². The van der Waals surface area contributed by atoms with E-state index in [4.69, 9.17) is 9.47 Å². The molecule has 0 radical (unpaired) electrons. The maximum Gasteiger partial charge on any atom is 0.261 e. The summed E-state index contributed by atoms with van der Waals surface area (Å²) in [4.78, 5) is 16.4. The Morgan fingerprint density at radius 3 is 2.58 bits per heavy atom. The quantitative estimate of drug-likeness (QED) is 0.711. The van der Waals surface area contributed by atoms with E-state index in [1.165, 1.54) is 0 Å². The Bertz CT molecular complexity index is 845. The maximum absolute atomic E-state index is 12.4. The van der Waals surface area contributed by atoms with Gasteiger partial charge in [0.25, 0.3) is 5.91 Å². The summed E-state index contributed by atoms with van der Waals surface area (Å²) in [5.41, 5.74) is 1.98. The summed E-state index contributed by atoms with van der Waals surface area (Å²) in [6.07, 6.45) is 4.72. The van der Waals surface area contributed by atoms with Crippen LogP contribution in [0.3, 0.4) is 0 Å². The van der Waals surface area contributed by atoms with Gasteiger partial charge in [-0.1, -0.05) is 18.2 Å². The van der Waals surface area contributed by atoms with Crippen molar-refractivity contribution in [3.8, 4) is 17.2 Å². The van der Waals surface area contributed by atoms with E-state index in [0.717, 1.165) is 17.0 Å². The minimum atomic E-state index is -0.608. The third-order valence-corrected chi connectivity index (χ3v) is 3.97. The number of nitrogens with zero attached hydrogens (tertiary/aromatic N) is 2. The summed E-state index contributed by atoms with van der Waals surface area (Å²) in [6.45, 7) is 2.13. The predicted molar refractivity (Wildman–Crippen MR) is 98.5 cm³/mol. The summed E-state index contributed by atoms with van der Waals surface area (Å²) in [5.74, 6) is 1.18. The lowest BCUT2D eigenvalue weighted by molar-refractivity contribution is -0.127. The van der Waals surface area contributed by atoms with Crippen LogP contribution < -0.4 is 14.8 Å². The lowest BCUT2D eigenvalue weighted by Crippen LogP contribution is -2.36. The van der Waals surface area contributed by atoms with Crippen LogP contribution in [0.4, 0.5) is 0 Å². The lowest BCUT2D eigenvalue weighted by atomic mass is 10.1. The Kier molecular flexibility index (Phi) is 5.53. The number of para-hydroxylation sites is 1. The number of carbonyl (C=O) groups excluding carboxylic acids is 1. The van der Waals surface area contributed by atoms with Crippen LogP contribution in [0.25, 0.3) is 5.69 Å². The first-order valence-corrected chi connectivity index (χ1v) is 8.32. The number of carbonyl (C=O) groups is 1. The van der Waals surface area contributed by atoms with Crippen LogP contribution >= 0.6 is 0 Å². The first-order chi connectivity index (χ1) is 12.7. The smallest absolute Gasteiger partial charge is 0.261 e. The van der Waals surface area contributed by atoms with Crippen LogP contribution in [0, 0.1) is 0 Å². The molecule has 1 heterocycles. The van der Waals surface area contributed by atoms with E-state index in [1.807, 2.05) is 35.0 Å². The van der Waals surface area contributed by atoms with Gasteiger partial charge in [-0.15, -0.1) is 0 Å². The second kappa shape index (κ2) is 8.20. The summed E-state index contributed by atoms with van der Waals surface area (Å²) in [7, 11) is 1.60. The molecule has 0 aliphatic heterocycles. The number of ether oxygens (including phenoxy) is 2. The first-order valence-electron chi connectivity index (χ1n) is 8.32. The summed E-state index contributed by atoms with van der Waals surface area (Å²) >= 11 is 0. The zero-order chi connectivity index (χ0) is 18.4. The molecule has 0 spiro atoms. The minimum absolute atomic E-state index is 0.179. The van der Waals surface area contributed by atoms with E-state index in [1.54, 1.807) is 50.8 Å². The van der Waals surface area contributed by atoms with E-state index in [-0.39, 0.29) is 5.91 Å². The highest BCUT2D eigenvalue weighted by molar-refractivity contribution is 5.80. The van der Waals surface area contributed by atoms with Gasteiger partial charge in [0.1, 0.15) is 11.5 Å². The van der Waals surface area contributed by atoms with Crippen LogP contribution in [0.15, 0.2) is 67.3 Å². The van der Waals surface area contributed by atoms with Gasteiger partial charge in [-0.25, -0.2) is 4.98 Å². The molecule has 3 aromatic rings. The molecule has 0 saturated carbocycles. The molecule has 134 valence electrons. The average molecular weight is 351 g/mol. The Morgan fingerprint density at radius 1 is 1.15 bits per heavy atom. The first kappa shape index (κ1) is 17.5. The van der Waals surface area contributed by atoms with Crippen LogP contribution in [0.1, 0.15) is 12.5 Å². The van der Waals surface area contributed by atoms with Crippen molar-refractivity contribution in [3.63, 3.8) is 0 Å². The monoisotopic (exact) mass is 351 g/mol. The molecule has 0 fully saturated rings. The molecule has 3 rings (SSSR count). The van der Waals surface area contributed by atoms with Gasteiger partial charge in [-0.2, -0.15) is 0 Å². The molecule has 6 nitrogen and oxygen atoms in total. The number of methoxy groups -OCH3 is 1. The number of rotatable bonds is 7. The van der Waals surface area contributed by atoms with Crippen LogP contribution in [-0.4, -0.2) is 28.7 Å². The second-order valence-corrected chi connectivity index (χ2v) is 5.75. The van der Waals surface area contributed by atoms with E-state index in [0.29, 0.717) is 12.3 Å². The van der Waals surface area contributed by atoms with Gasteiger partial charge in [0.15, 0.2) is 6.10 Å². The maximum atomic E-state index is 12.4. The largest absolute Gasteiger partial charge is 0.497 e. The van der Waals surface area contributed by atoms with E-state index in [2.05, 4.69) is 10.3 Å². The number of nitrogens with one attached hydrogen (secondary N) is 1. The topological polar surface area (TPSA) is 65.4 Å². The van der Waals surface area contributed by atoms with E-state index < -0.39 is 6.10 Å². The Morgan fingerprint density at radius 2 is 1.88 bits per heavy atom. The fourth-order valence-electron chi connectivity index (χ4n) is 2.55. The van der Waals surface area contributed by atoms with Gasteiger partial charge in [0.05, 0.1) is 19.1 Å². The van der Waals surface area contributed by atoms with Crippen molar-refractivity contribution in [2.24, 2.45) is 0 Å². The summed E-state index contributed by atoms with van der Waals surface area (Å²) < 4.78 is 12.7. The van der Waals surface area contributed by atoms with Crippen molar-refractivity contribution in [3.05, 3.63) is 72.8 Å². The highest BCUT2D eigenvalue weighted by Gasteiger charge is 2.15. The molecule has 26 heavy (non-hydrogen) atoms. The number of aromatic nitrogens is 2. The predicted octanol–water partition coefficient (Wildman–Crippen LogP) is 2.96.